The Kier molecular flexibility index (Phi) is 5.97. The third kappa shape index (κ3) is 5.48. The standard InChI is InChI=1S/C15H14INO5S/c16-12-3-1-11(2-4-12)15(18)22-10-9-21-13-5-7-14(8-6-13)23(17,19)20/h1-8H,9-10H2,(H2,17,19,20). The van der Waals surface area contributed by atoms with Crippen molar-refractivity contribution in [2.24, 2.45) is 5.14 Å². The Morgan fingerprint density at radius 2 is 1.61 bits per heavy atom. The van der Waals surface area contributed by atoms with Crippen LogP contribution in [-0.2, 0) is 14.8 Å². The van der Waals surface area contributed by atoms with E-state index in [2.05, 4.69) is 22.6 Å². The Morgan fingerprint density at radius 3 is 2.17 bits per heavy atom. The molecule has 0 fully saturated rings. The van der Waals surface area contributed by atoms with Crippen LogP contribution in [0.2, 0.25) is 0 Å². The van der Waals surface area contributed by atoms with Gasteiger partial charge in [-0.1, -0.05) is 0 Å². The Bertz CT molecular complexity index is 773. The number of hydrogen-bond donors (Lipinski definition) is 1. The summed E-state index contributed by atoms with van der Waals surface area (Å²) in [4.78, 5) is 11.8. The molecule has 0 aliphatic rings. The van der Waals surface area contributed by atoms with Crippen molar-refractivity contribution in [3.8, 4) is 5.75 Å². The lowest BCUT2D eigenvalue weighted by molar-refractivity contribution is 0.0450. The number of hydrogen-bond acceptors (Lipinski definition) is 5. The first-order valence-corrected chi connectivity index (χ1v) is 9.17. The zero-order valence-corrected chi connectivity index (χ0v) is 14.9. The number of sulfonamides is 1. The second-order valence-corrected chi connectivity index (χ2v) is 7.31. The predicted octanol–water partition coefficient (Wildman–Crippen LogP) is 2.17. The van der Waals surface area contributed by atoms with E-state index < -0.39 is 16.0 Å². The molecular weight excluding hydrogens is 433 g/mol. The summed E-state index contributed by atoms with van der Waals surface area (Å²) < 4.78 is 33.7. The molecule has 0 saturated heterocycles. The Balaban J connectivity index is 1.79. The molecule has 2 rings (SSSR count). The van der Waals surface area contributed by atoms with Crippen LogP contribution in [0.1, 0.15) is 10.4 Å². The minimum Gasteiger partial charge on any atom is -0.490 e. The fraction of sp³-hybridized carbons (Fsp3) is 0.133. The molecule has 0 aliphatic carbocycles. The summed E-state index contributed by atoms with van der Waals surface area (Å²) in [6.45, 7) is 0.243. The summed E-state index contributed by atoms with van der Waals surface area (Å²) in [6.07, 6.45) is 0. The minimum atomic E-state index is -3.72. The van der Waals surface area contributed by atoms with Crippen LogP contribution in [0.25, 0.3) is 0 Å². The molecule has 0 aliphatic heterocycles. The minimum absolute atomic E-state index is 0.00925. The monoisotopic (exact) mass is 447 g/mol. The van der Waals surface area contributed by atoms with Gasteiger partial charge in [-0.2, -0.15) is 0 Å². The maximum Gasteiger partial charge on any atom is 0.338 e. The number of benzene rings is 2. The molecule has 2 N–H and O–H groups in total. The van der Waals surface area contributed by atoms with Crippen molar-refractivity contribution in [2.75, 3.05) is 13.2 Å². The zero-order chi connectivity index (χ0) is 16.9. The highest BCUT2D eigenvalue weighted by Crippen LogP contribution is 2.14. The molecule has 23 heavy (non-hydrogen) atoms. The molecule has 0 saturated carbocycles. The molecule has 0 radical (unpaired) electrons. The number of rotatable bonds is 6. The molecule has 0 bridgehead atoms. The Hall–Kier alpha value is -1.65. The molecule has 0 spiro atoms. The molecule has 0 amide bonds. The summed E-state index contributed by atoms with van der Waals surface area (Å²) in [5, 5.41) is 5.00. The van der Waals surface area contributed by atoms with Gasteiger partial charge < -0.3 is 9.47 Å². The SMILES string of the molecule is NS(=O)(=O)c1ccc(OCCOC(=O)c2ccc(I)cc2)cc1. The summed E-state index contributed by atoms with van der Waals surface area (Å²) in [5.74, 6) is 0.0392. The average molecular weight is 447 g/mol. The van der Waals surface area contributed by atoms with Gasteiger partial charge in [-0.15, -0.1) is 0 Å². The third-order valence-corrected chi connectivity index (χ3v) is 4.47. The van der Waals surface area contributed by atoms with Gasteiger partial charge in [0.25, 0.3) is 0 Å². The maximum absolute atomic E-state index is 11.8. The molecule has 2 aromatic rings. The molecule has 0 heterocycles. The summed E-state index contributed by atoms with van der Waals surface area (Å²) >= 11 is 2.15. The lowest BCUT2D eigenvalue weighted by Crippen LogP contribution is -2.13. The van der Waals surface area contributed by atoms with Gasteiger partial charge in [0.1, 0.15) is 19.0 Å². The molecular formula is C15H14INO5S. The second kappa shape index (κ2) is 7.75. The van der Waals surface area contributed by atoms with E-state index in [1.807, 2.05) is 12.1 Å². The van der Waals surface area contributed by atoms with Crippen LogP contribution in [-0.4, -0.2) is 27.6 Å². The quantitative estimate of drug-likeness (QED) is 0.416. The highest BCUT2D eigenvalue weighted by molar-refractivity contribution is 14.1. The molecule has 2 aromatic carbocycles. The van der Waals surface area contributed by atoms with Crippen LogP contribution in [0, 0.1) is 3.57 Å². The third-order valence-electron chi connectivity index (χ3n) is 2.82. The largest absolute Gasteiger partial charge is 0.490 e. The van der Waals surface area contributed by atoms with E-state index in [-0.39, 0.29) is 18.1 Å². The smallest absolute Gasteiger partial charge is 0.338 e. The van der Waals surface area contributed by atoms with Crippen molar-refractivity contribution in [1.29, 1.82) is 0 Å². The molecule has 0 unspecified atom stereocenters. The van der Waals surface area contributed by atoms with Crippen LogP contribution < -0.4 is 9.88 Å². The number of carbonyl (C=O) groups is 1. The van der Waals surface area contributed by atoms with Crippen molar-refractivity contribution in [2.45, 2.75) is 4.90 Å². The zero-order valence-electron chi connectivity index (χ0n) is 11.9. The fourth-order valence-corrected chi connectivity index (χ4v) is 2.56. The van der Waals surface area contributed by atoms with E-state index in [4.69, 9.17) is 14.6 Å². The van der Waals surface area contributed by atoms with Crippen molar-refractivity contribution in [3.05, 3.63) is 57.7 Å². The van der Waals surface area contributed by atoms with Gasteiger partial charge in [-0.05, 0) is 71.1 Å². The van der Waals surface area contributed by atoms with Crippen LogP contribution in [0.4, 0.5) is 0 Å². The van der Waals surface area contributed by atoms with E-state index in [0.29, 0.717) is 11.3 Å². The van der Waals surface area contributed by atoms with E-state index in [0.717, 1.165) is 3.57 Å². The summed E-state index contributed by atoms with van der Waals surface area (Å²) in [5.41, 5.74) is 0.475. The van der Waals surface area contributed by atoms with Crippen LogP contribution >= 0.6 is 22.6 Å². The molecule has 122 valence electrons. The highest BCUT2D eigenvalue weighted by Gasteiger charge is 2.08. The van der Waals surface area contributed by atoms with Gasteiger partial charge in [0.2, 0.25) is 10.0 Å². The van der Waals surface area contributed by atoms with Gasteiger partial charge in [-0.25, -0.2) is 18.4 Å². The van der Waals surface area contributed by atoms with Gasteiger partial charge in [0.15, 0.2) is 0 Å². The lowest BCUT2D eigenvalue weighted by Gasteiger charge is -2.08. The normalized spacial score (nSPS) is 11.0. The van der Waals surface area contributed by atoms with E-state index in [1.54, 1.807) is 12.1 Å². The number of halogens is 1. The molecule has 0 aromatic heterocycles. The molecule has 8 heteroatoms. The van der Waals surface area contributed by atoms with E-state index in [9.17, 15) is 13.2 Å². The van der Waals surface area contributed by atoms with Gasteiger partial charge in [0, 0.05) is 3.57 Å². The van der Waals surface area contributed by atoms with E-state index >= 15 is 0 Å². The topological polar surface area (TPSA) is 95.7 Å². The van der Waals surface area contributed by atoms with Crippen LogP contribution in [0.5, 0.6) is 5.75 Å². The summed E-state index contributed by atoms with van der Waals surface area (Å²) in [7, 11) is -3.72. The average Bonchev–Trinajstić information content (AvgIpc) is 2.51. The number of carbonyl (C=O) groups excluding carboxylic acids is 1. The predicted molar refractivity (Wildman–Crippen MR) is 92.8 cm³/mol. The summed E-state index contributed by atoms with van der Waals surface area (Å²) in [6, 6.07) is 12.7. The van der Waals surface area contributed by atoms with Crippen molar-refractivity contribution in [1.82, 2.24) is 0 Å². The van der Waals surface area contributed by atoms with Crippen molar-refractivity contribution in [3.63, 3.8) is 0 Å². The fourth-order valence-electron chi connectivity index (χ4n) is 1.69. The molecule has 6 nitrogen and oxygen atoms in total. The number of nitrogens with two attached hydrogens (primary N) is 1. The number of primary sulfonamides is 1. The first kappa shape index (κ1) is 17.7. The molecule has 0 atom stereocenters. The second-order valence-electron chi connectivity index (χ2n) is 4.51. The van der Waals surface area contributed by atoms with Crippen LogP contribution in [0.3, 0.4) is 0 Å². The first-order chi connectivity index (χ1) is 10.9. The Labute approximate surface area is 147 Å². The van der Waals surface area contributed by atoms with E-state index in [1.165, 1.54) is 24.3 Å². The van der Waals surface area contributed by atoms with Gasteiger partial charge in [0.05, 0.1) is 10.5 Å². The van der Waals surface area contributed by atoms with Gasteiger partial charge >= 0.3 is 5.97 Å². The van der Waals surface area contributed by atoms with Crippen molar-refractivity contribution < 1.29 is 22.7 Å². The highest BCUT2D eigenvalue weighted by atomic mass is 127. The number of esters is 1. The van der Waals surface area contributed by atoms with Gasteiger partial charge in [-0.3, -0.25) is 0 Å². The number of ether oxygens (including phenoxy) is 2. The first-order valence-electron chi connectivity index (χ1n) is 6.54. The van der Waals surface area contributed by atoms with Crippen LogP contribution in [0.15, 0.2) is 53.4 Å². The maximum atomic E-state index is 11.8. The Morgan fingerprint density at radius 1 is 1.00 bits per heavy atom. The van der Waals surface area contributed by atoms with Crippen molar-refractivity contribution >= 4 is 38.6 Å². The lowest BCUT2D eigenvalue weighted by atomic mass is 10.2.